The zero-order valence-electron chi connectivity index (χ0n) is 17.0. The molecule has 1 aliphatic rings. The third kappa shape index (κ3) is 5.23. The summed E-state index contributed by atoms with van der Waals surface area (Å²) in [6, 6.07) is 14.1. The van der Waals surface area contributed by atoms with Crippen LogP contribution in [0.5, 0.6) is 11.5 Å². The van der Waals surface area contributed by atoms with Crippen molar-refractivity contribution in [2.75, 3.05) is 26.7 Å². The molecule has 0 saturated carbocycles. The molecule has 0 radical (unpaired) electrons. The molecule has 4 nitrogen and oxygen atoms in total. The van der Waals surface area contributed by atoms with Gasteiger partial charge in [-0.25, -0.2) is 0 Å². The average Bonchev–Trinajstić information content (AvgIpc) is 2.71. The van der Waals surface area contributed by atoms with Crippen molar-refractivity contribution < 1.29 is 14.3 Å². The zero-order chi connectivity index (χ0) is 19.9. The molecular formula is C24H29NO3. The van der Waals surface area contributed by atoms with Gasteiger partial charge in [-0.1, -0.05) is 42.8 Å². The molecule has 2 aromatic rings. The van der Waals surface area contributed by atoms with E-state index in [1.54, 1.807) is 7.11 Å². The van der Waals surface area contributed by atoms with Crippen molar-refractivity contribution in [3.05, 3.63) is 64.7 Å². The summed E-state index contributed by atoms with van der Waals surface area (Å²) in [6.45, 7) is 7.33. The van der Waals surface area contributed by atoms with Gasteiger partial charge in [0.2, 0.25) is 0 Å². The van der Waals surface area contributed by atoms with Crippen LogP contribution in [0.3, 0.4) is 0 Å². The molecular weight excluding hydrogens is 350 g/mol. The van der Waals surface area contributed by atoms with E-state index in [-0.39, 0.29) is 5.78 Å². The van der Waals surface area contributed by atoms with Crippen molar-refractivity contribution in [2.24, 2.45) is 0 Å². The lowest BCUT2D eigenvalue weighted by Crippen LogP contribution is -2.36. The minimum absolute atomic E-state index is 0.242. The van der Waals surface area contributed by atoms with E-state index in [2.05, 4.69) is 43.0 Å². The van der Waals surface area contributed by atoms with Gasteiger partial charge in [0, 0.05) is 25.1 Å². The highest BCUT2D eigenvalue weighted by molar-refractivity contribution is 6.00. The Morgan fingerprint density at radius 3 is 2.61 bits per heavy atom. The maximum absolute atomic E-state index is 12.3. The van der Waals surface area contributed by atoms with Crippen LogP contribution in [0.1, 0.15) is 36.5 Å². The maximum Gasteiger partial charge on any atom is 0.161 e. The second kappa shape index (κ2) is 9.56. The highest BCUT2D eigenvalue weighted by Gasteiger charge is 2.20. The van der Waals surface area contributed by atoms with Gasteiger partial charge in [0.25, 0.3) is 0 Å². The first-order chi connectivity index (χ1) is 13.6. The SMILES string of the molecule is CCCN1CCC(=O)/C(=C/c2ccc(OCc3ccc(C)cc3)c(OC)c2)C1. The number of likely N-dealkylation sites (tertiary alicyclic amines) is 1. The second-order valence-corrected chi connectivity index (χ2v) is 7.30. The van der Waals surface area contributed by atoms with E-state index in [1.807, 2.05) is 24.3 Å². The van der Waals surface area contributed by atoms with Crippen LogP contribution in [0.15, 0.2) is 48.0 Å². The maximum atomic E-state index is 12.3. The lowest BCUT2D eigenvalue weighted by atomic mass is 10.00. The Bertz CT molecular complexity index is 839. The van der Waals surface area contributed by atoms with Crippen molar-refractivity contribution in [3.8, 4) is 11.5 Å². The first-order valence-corrected chi connectivity index (χ1v) is 9.91. The summed E-state index contributed by atoms with van der Waals surface area (Å²) in [6.07, 6.45) is 3.68. The number of hydrogen-bond donors (Lipinski definition) is 0. The van der Waals surface area contributed by atoms with E-state index in [0.717, 1.165) is 42.8 Å². The zero-order valence-corrected chi connectivity index (χ0v) is 17.0. The molecule has 28 heavy (non-hydrogen) atoms. The van der Waals surface area contributed by atoms with Crippen LogP contribution >= 0.6 is 0 Å². The number of hydrogen-bond acceptors (Lipinski definition) is 4. The Morgan fingerprint density at radius 1 is 1.11 bits per heavy atom. The molecule has 0 aromatic heterocycles. The number of piperidine rings is 1. The molecule has 0 atom stereocenters. The lowest BCUT2D eigenvalue weighted by molar-refractivity contribution is -0.117. The summed E-state index contributed by atoms with van der Waals surface area (Å²) in [5.74, 6) is 1.62. The van der Waals surface area contributed by atoms with Crippen molar-refractivity contribution in [2.45, 2.75) is 33.3 Å². The van der Waals surface area contributed by atoms with Gasteiger partial charge in [0.05, 0.1) is 7.11 Å². The third-order valence-corrected chi connectivity index (χ3v) is 4.99. The quantitative estimate of drug-likeness (QED) is 0.657. The fourth-order valence-electron chi connectivity index (χ4n) is 3.40. The van der Waals surface area contributed by atoms with E-state index < -0.39 is 0 Å². The summed E-state index contributed by atoms with van der Waals surface area (Å²) in [5.41, 5.74) is 4.17. The molecule has 0 aliphatic carbocycles. The van der Waals surface area contributed by atoms with Gasteiger partial charge in [0.1, 0.15) is 6.61 Å². The Labute approximate surface area is 167 Å². The molecule has 1 aliphatic heterocycles. The number of ketones is 1. The number of benzene rings is 2. The highest BCUT2D eigenvalue weighted by Crippen LogP contribution is 2.30. The second-order valence-electron chi connectivity index (χ2n) is 7.30. The number of aryl methyl sites for hydroxylation is 1. The Hall–Kier alpha value is -2.59. The Balaban J connectivity index is 1.73. The molecule has 0 unspecified atom stereocenters. The number of carbonyl (C=O) groups is 1. The van der Waals surface area contributed by atoms with Gasteiger partial charge in [-0.15, -0.1) is 0 Å². The van der Waals surface area contributed by atoms with Crippen LogP contribution in [0, 0.1) is 6.92 Å². The number of carbonyl (C=O) groups excluding carboxylic acids is 1. The fraction of sp³-hybridized carbons (Fsp3) is 0.375. The first-order valence-electron chi connectivity index (χ1n) is 9.91. The number of Topliss-reactive ketones (excluding diaryl/α,β-unsaturated/α-hetero) is 1. The largest absolute Gasteiger partial charge is 0.493 e. The van der Waals surface area contributed by atoms with Crippen LogP contribution in [0.4, 0.5) is 0 Å². The van der Waals surface area contributed by atoms with Gasteiger partial charge in [-0.3, -0.25) is 9.69 Å². The van der Waals surface area contributed by atoms with E-state index in [4.69, 9.17) is 9.47 Å². The van der Waals surface area contributed by atoms with Gasteiger partial charge >= 0.3 is 0 Å². The molecule has 3 rings (SSSR count). The third-order valence-electron chi connectivity index (χ3n) is 4.99. The van der Waals surface area contributed by atoms with Crippen LogP contribution in [0.2, 0.25) is 0 Å². The van der Waals surface area contributed by atoms with Gasteiger partial charge < -0.3 is 9.47 Å². The summed E-state index contributed by atoms with van der Waals surface area (Å²) in [4.78, 5) is 14.6. The summed E-state index contributed by atoms with van der Waals surface area (Å²) in [5, 5.41) is 0. The first kappa shape index (κ1) is 20.2. The highest BCUT2D eigenvalue weighted by atomic mass is 16.5. The molecule has 148 valence electrons. The summed E-state index contributed by atoms with van der Waals surface area (Å²) < 4.78 is 11.5. The van der Waals surface area contributed by atoms with Crippen LogP contribution in [-0.4, -0.2) is 37.4 Å². The monoisotopic (exact) mass is 379 g/mol. The summed E-state index contributed by atoms with van der Waals surface area (Å²) in [7, 11) is 1.64. The predicted octanol–water partition coefficient (Wildman–Crippen LogP) is 4.65. The smallest absolute Gasteiger partial charge is 0.161 e. The molecule has 0 N–H and O–H groups in total. The topological polar surface area (TPSA) is 38.8 Å². The standard InChI is InChI=1S/C24H29NO3/c1-4-12-25-13-11-22(26)21(16-25)14-20-9-10-23(24(15-20)27-3)28-17-19-7-5-18(2)6-8-19/h5-10,14-15H,4,11-13,16-17H2,1-3H3/b21-14+. The molecule has 2 aromatic carbocycles. The molecule has 1 fully saturated rings. The van der Waals surface area contributed by atoms with Crippen molar-refractivity contribution in [3.63, 3.8) is 0 Å². The van der Waals surface area contributed by atoms with E-state index in [9.17, 15) is 4.79 Å². The van der Waals surface area contributed by atoms with Crippen LogP contribution < -0.4 is 9.47 Å². The fourth-order valence-corrected chi connectivity index (χ4v) is 3.40. The molecule has 1 saturated heterocycles. The molecule has 0 amide bonds. The normalized spacial score (nSPS) is 16.4. The number of methoxy groups -OCH3 is 1. The van der Waals surface area contributed by atoms with E-state index >= 15 is 0 Å². The number of rotatable bonds is 7. The van der Waals surface area contributed by atoms with Crippen LogP contribution in [0.25, 0.3) is 6.08 Å². The van der Waals surface area contributed by atoms with E-state index in [0.29, 0.717) is 24.5 Å². The van der Waals surface area contributed by atoms with Crippen molar-refractivity contribution in [1.82, 2.24) is 4.90 Å². The van der Waals surface area contributed by atoms with Crippen LogP contribution in [-0.2, 0) is 11.4 Å². The minimum atomic E-state index is 0.242. The van der Waals surface area contributed by atoms with Gasteiger partial charge in [0.15, 0.2) is 17.3 Å². The van der Waals surface area contributed by atoms with Gasteiger partial charge in [-0.05, 0) is 49.2 Å². The predicted molar refractivity (Wildman–Crippen MR) is 113 cm³/mol. The Morgan fingerprint density at radius 2 is 1.89 bits per heavy atom. The number of ether oxygens (including phenoxy) is 2. The van der Waals surface area contributed by atoms with E-state index in [1.165, 1.54) is 5.56 Å². The summed E-state index contributed by atoms with van der Waals surface area (Å²) >= 11 is 0. The molecule has 0 bridgehead atoms. The molecule has 4 heteroatoms. The minimum Gasteiger partial charge on any atom is -0.493 e. The molecule has 1 heterocycles. The molecule has 0 spiro atoms. The Kier molecular flexibility index (Phi) is 6.88. The van der Waals surface area contributed by atoms with Gasteiger partial charge in [-0.2, -0.15) is 0 Å². The average molecular weight is 380 g/mol. The van der Waals surface area contributed by atoms with Crippen molar-refractivity contribution in [1.29, 1.82) is 0 Å². The lowest BCUT2D eigenvalue weighted by Gasteiger charge is -2.27. The van der Waals surface area contributed by atoms with Crippen molar-refractivity contribution >= 4 is 11.9 Å². The number of nitrogens with zero attached hydrogens (tertiary/aromatic N) is 1.